The molecule has 0 aliphatic carbocycles. The molecule has 0 spiro atoms. The van der Waals surface area contributed by atoms with Crippen LogP contribution in [0, 0.1) is 5.92 Å². The van der Waals surface area contributed by atoms with Crippen molar-refractivity contribution in [1.82, 2.24) is 4.90 Å². The Morgan fingerprint density at radius 1 is 1.64 bits per heavy atom. The zero-order chi connectivity index (χ0) is 10.6. The average Bonchev–Trinajstić information content (AvgIpc) is 2.42. The molecule has 1 aliphatic rings. The fourth-order valence-electron chi connectivity index (χ4n) is 1.65. The van der Waals surface area contributed by atoms with E-state index in [9.17, 15) is 9.59 Å². The Hall–Kier alpha value is -1.06. The fraction of sp³-hybridized carbons (Fsp3) is 0.800. The summed E-state index contributed by atoms with van der Waals surface area (Å²) in [5, 5.41) is 0. The Morgan fingerprint density at radius 3 is 2.86 bits per heavy atom. The highest BCUT2D eigenvalue weighted by atomic mass is 16.5. The highest BCUT2D eigenvalue weighted by Crippen LogP contribution is 2.16. The normalized spacial score (nSPS) is 21.4. The lowest BCUT2D eigenvalue weighted by molar-refractivity contribution is -0.143. The fourth-order valence-corrected chi connectivity index (χ4v) is 1.65. The molecule has 1 unspecified atom stereocenters. The summed E-state index contributed by atoms with van der Waals surface area (Å²) in [6, 6.07) is 0. The number of likely N-dealkylation sites (tertiary alicyclic amines) is 1. The summed E-state index contributed by atoms with van der Waals surface area (Å²) in [5.41, 5.74) is 0. The van der Waals surface area contributed by atoms with Gasteiger partial charge in [0.15, 0.2) is 0 Å². The topological polar surface area (TPSA) is 46.6 Å². The summed E-state index contributed by atoms with van der Waals surface area (Å²) < 4.78 is 4.79. The number of rotatable bonds is 4. The van der Waals surface area contributed by atoms with E-state index in [-0.39, 0.29) is 11.9 Å². The van der Waals surface area contributed by atoms with Crippen LogP contribution in [0.4, 0.5) is 0 Å². The van der Waals surface area contributed by atoms with Crippen LogP contribution in [-0.4, -0.2) is 36.5 Å². The Balaban J connectivity index is 2.25. The van der Waals surface area contributed by atoms with E-state index >= 15 is 0 Å². The molecule has 80 valence electrons. The molecule has 14 heavy (non-hydrogen) atoms. The van der Waals surface area contributed by atoms with E-state index in [2.05, 4.69) is 0 Å². The second kappa shape index (κ2) is 4.98. The monoisotopic (exact) mass is 199 g/mol. The van der Waals surface area contributed by atoms with E-state index < -0.39 is 0 Å². The molecular formula is C10H17NO3. The van der Waals surface area contributed by atoms with Crippen molar-refractivity contribution in [2.24, 2.45) is 5.92 Å². The minimum Gasteiger partial charge on any atom is -0.466 e. The van der Waals surface area contributed by atoms with Crippen molar-refractivity contribution in [3.8, 4) is 0 Å². The summed E-state index contributed by atoms with van der Waals surface area (Å²) in [7, 11) is 0. The van der Waals surface area contributed by atoms with E-state index in [1.807, 2.05) is 6.92 Å². The van der Waals surface area contributed by atoms with Crippen LogP contribution in [0.15, 0.2) is 0 Å². The van der Waals surface area contributed by atoms with Gasteiger partial charge in [-0.05, 0) is 12.8 Å². The first-order valence-corrected chi connectivity index (χ1v) is 5.07. The van der Waals surface area contributed by atoms with E-state index in [0.29, 0.717) is 31.9 Å². The van der Waals surface area contributed by atoms with Crippen LogP contribution in [0.5, 0.6) is 0 Å². The molecule has 0 aromatic heterocycles. The van der Waals surface area contributed by atoms with Crippen molar-refractivity contribution in [2.45, 2.75) is 26.7 Å². The molecule has 1 rings (SSSR count). The van der Waals surface area contributed by atoms with Crippen molar-refractivity contribution in [2.75, 3.05) is 19.7 Å². The third-order valence-electron chi connectivity index (χ3n) is 2.30. The Kier molecular flexibility index (Phi) is 3.92. The van der Waals surface area contributed by atoms with Crippen LogP contribution in [0.2, 0.25) is 0 Å². The van der Waals surface area contributed by atoms with Gasteiger partial charge in [-0.2, -0.15) is 0 Å². The molecule has 1 saturated heterocycles. The largest absolute Gasteiger partial charge is 0.466 e. The smallest absolute Gasteiger partial charge is 0.307 e. The molecule has 0 N–H and O–H groups in total. The lowest BCUT2D eigenvalue weighted by Gasteiger charge is -2.14. The second-order valence-electron chi connectivity index (χ2n) is 3.70. The predicted octanol–water partition coefficient (Wildman–Crippen LogP) is 0.808. The molecule has 0 aromatic rings. The number of amides is 1. The Bertz CT molecular complexity index is 227. The van der Waals surface area contributed by atoms with E-state index in [1.54, 1.807) is 11.8 Å². The van der Waals surface area contributed by atoms with Crippen LogP contribution in [0.25, 0.3) is 0 Å². The summed E-state index contributed by atoms with van der Waals surface area (Å²) >= 11 is 0. The van der Waals surface area contributed by atoms with Gasteiger partial charge in [0.2, 0.25) is 5.91 Å². The third-order valence-corrected chi connectivity index (χ3v) is 2.30. The zero-order valence-electron chi connectivity index (χ0n) is 8.78. The van der Waals surface area contributed by atoms with Gasteiger partial charge in [0.1, 0.15) is 0 Å². The van der Waals surface area contributed by atoms with Crippen LogP contribution in [-0.2, 0) is 14.3 Å². The van der Waals surface area contributed by atoms with Gasteiger partial charge in [0.25, 0.3) is 0 Å². The molecule has 0 bridgehead atoms. The predicted molar refractivity (Wildman–Crippen MR) is 51.6 cm³/mol. The molecule has 1 amide bonds. The summed E-state index contributed by atoms with van der Waals surface area (Å²) in [4.78, 5) is 24.1. The lowest BCUT2D eigenvalue weighted by Crippen LogP contribution is -2.28. The van der Waals surface area contributed by atoms with Crippen molar-refractivity contribution < 1.29 is 14.3 Å². The number of nitrogens with zero attached hydrogens (tertiary/aromatic N) is 1. The van der Waals surface area contributed by atoms with E-state index in [0.717, 1.165) is 6.54 Å². The van der Waals surface area contributed by atoms with E-state index in [1.165, 1.54) is 0 Å². The number of ether oxygens (including phenoxy) is 1. The number of carbonyl (C=O) groups excluding carboxylic acids is 2. The quantitative estimate of drug-likeness (QED) is 0.629. The average molecular weight is 199 g/mol. The molecule has 0 radical (unpaired) electrons. The maximum atomic E-state index is 11.3. The van der Waals surface area contributed by atoms with Crippen molar-refractivity contribution in [1.29, 1.82) is 0 Å². The van der Waals surface area contributed by atoms with Crippen molar-refractivity contribution in [3.63, 3.8) is 0 Å². The molecule has 1 atom stereocenters. The molecule has 1 heterocycles. The maximum Gasteiger partial charge on any atom is 0.307 e. The Labute approximate surface area is 84.2 Å². The highest BCUT2D eigenvalue weighted by Gasteiger charge is 2.26. The zero-order valence-corrected chi connectivity index (χ0v) is 8.78. The maximum absolute atomic E-state index is 11.3. The SMILES string of the molecule is CCOC(=O)CCN1CC(C)CC1=O. The van der Waals surface area contributed by atoms with Gasteiger partial charge in [-0.15, -0.1) is 0 Å². The van der Waals surface area contributed by atoms with E-state index in [4.69, 9.17) is 4.74 Å². The van der Waals surface area contributed by atoms with Gasteiger partial charge in [-0.25, -0.2) is 0 Å². The third kappa shape index (κ3) is 3.01. The number of hydrogen-bond acceptors (Lipinski definition) is 3. The first-order valence-electron chi connectivity index (χ1n) is 5.07. The summed E-state index contributed by atoms with van der Waals surface area (Å²) in [6.07, 6.45) is 0.926. The minimum atomic E-state index is -0.222. The second-order valence-corrected chi connectivity index (χ2v) is 3.70. The van der Waals surface area contributed by atoms with Gasteiger partial charge in [0.05, 0.1) is 13.0 Å². The number of hydrogen-bond donors (Lipinski definition) is 0. The van der Waals surface area contributed by atoms with Crippen molar-refractivity contribution >= 4 is 11.9 Å². The standard InChI is InChI=1S/C10H17NO3/c1-3-14-10(13)4-5-11-7-8(2)6-9(11)12/h8H,3-7H2,1-2H3. The number of esters is 1. The number of carbonyl (C=O) groups is 2. The van der Waals surface area contributed by atoms with Gasteiger partial charge >= 0.3 is 5.97 Å². The molecule has 1 fully saturated rings. The molecule has 4 heteroatoms. The molecule has 0 saturated carbocycles. The van der Waals surface area contributed by atoms with Crippen LogP contribution < -0.4 is 0 Å². The summed E-state index contributed by atoms with van der Waals surface area (Å²) in [5.74, 6) is 0.353. The Morgan fingerprint density at radius 2 is 2.36 bits per heavy atom. The van der Waals surface area contributed by atoms with Crippen LogP contribution >= 0.6 is 0 Å². The lowest BCUT2D eigenvalue weighted by atomic mass is 10.2. The van der Waals surface area contributed by atoms with Gasteiger partial charge < -0.3 is 9.64 Å². The molecule has 1 aliphatic heterocycles. The molecule has 0 aromatic carbocycles. The van der Waals surface area contributed by atoms with Crippen LogP contribution in [0.3, 0.4) is 0 Å². The van der Waals surface area contributed by atoms with Gasteiger partial charge in [-0.1, -0.05) is 6.92 Å². The van der Waals surface area contributed by atoms with Crippen LogP contribution in [0.1, 0.15) is 26.7 Å². The molecule has 4 nitrogen and oxygen atoms in total. The van der Waals surface area contributed by atoms with Gasteiger partial charge in [0, 0.05) is 19.5 Å². The summed E-state index contributed by atoms with van der Waals surface area (Å²) in [6.45, 7) is 5.51. The minimum absolute atomic E-state index is 0.154. The van der Waals surface area contributed by atoms with Crippen molar-refractivity contribution in [3.05, 3.63) is 0 Å². The first-order chi connectivity index (χ1) is 6.63. The first kappa shape index (κ1) is 11.0. The van der Waals surface area contributed by atoms with Gasteiger partial charge in [-0.3, -0.25) is 9.59 Å². The molecular weight excluding hydrogens is 182 g/mol. The highest BCUT2D eigenvalue weighted by molar-refractivity contribution is 5.79.